The summed E-state index contributed by atoms with van der Waals surface area (Å²) in [6, 6.07) is 5.90. The Hall–Kier alpha value is -1.66. The molecule has 1 saturated carbocycles. The lowest BCUT2D eigenvalue weighted by atomic mass is 9.79. The molecule has 1 heterocycles. The molecule has 1 aliphatic rings. The van der Waals surface area contributed by atoms with E-state index in [4.69, 9.17) is 21.4 Å². The molecule has 162 valence electrons. The second-order valence-electron chi connectivity index (χ2n) is 7.93. The van der Waals surface area contributed by atoms with Gasteiger partial charge in [0.25, 0.3) is 0 Å². The Labute approximate surface area is 187 Å². The topological polar surface area (TPSA) is 39.4 Å². The fraction of sp³-hybridized carbons (Fsp3) is 0.500. The maximum Gasteiger partial charge on any atom is 0.333 e. The van der Waals surface area contributed by atoms with Gasteiger partial charge in [-0.1, -0.05) is 26.0 Å². The Bertz CT molecular complexity index is 978. The first-order chi connectivity index (χ1) is 14.4. The minimum atomic E-state index is -0.359. The van der Waals surface area contributed by atoms with Gasteiger partial charge < -0.3 is 9.15 Å². The smallest absolute Gasteiger partial charge is 0.333 e. The van der Waals surface area contributed by atoms with Gasteiger partial charge in [-0.15, -0.1) is 11.8 Å². The first kappa shape index (κ1) is 23.0. The molecule has 6 heteroatoms. The van der Waals surface area contributed by atoms with Crippen molar-refractivity contribution in [3.8, 4) is 0 Å². The van der Waals surface area contributed by atoms with E-state index >= 15 is 0 Å². The number of esters is 1. The summed E-state index contributed by atoms with van der Waals surface area (Å²) >= 11 is 6.93. The summed E-state index contributed by atoms with van der Waals surface area (Å²) in [6.07, 6.45) is 6.93. The van der Waals surface area contributed by atoms with Crippen LogP contribution >= 0.6 is 24.0 Å². The van der Waals surface area contributed by atoms with Gasteiger partial charge in [-0.25, -0.2) is 9.18 Å². The molecular formula is C24H29FO3S2. The minimum Gasteiger partial charge on any atom is -0.462 e. The first-order valence-corrected chi connectivity index (χ1v) is 12.0. The first-order valence-electron chi connectivity index (χ1n) is 10.7. The van der Waals surface area contributed by atoms with Crippen LogP contribution in [0.1, 0.15) is 70.3 Å². The van der Waals surface area contributed by atoms with Crippen LogP contribution in [0.25, 0.3) is 11.0 Å². The van der Waals surface area contributed by atoms with E-state index in [1.807, 2.05) is 12.1 Å². The highest BCUT2D eigenvalue weighted by molar-refractivity contribution is 8.00. The summed E-state index contributed by atoms with van der Waals surface area (Å²) in [6.45, 7) is 7.83. The van der Waals surface area contributed by atoms with Crippen molar-refractivity contribution in [3.05, 3.63) is 46.4 Å². The Morgan fingerprint density at radius 3 is 2.80 bits per heavy atom. The molecule has 1 aromatic carbocycles. The number of hydrogen-bond donors (Lipinski definition) is 0. The molecule has 1 unspecified atom stereocenters. The van der Waals surface area contributed by atoms with E-state index in [0.717, 1.165) is 60.8 Å². The quantitative estimate of drug-likeness (QED) is 0.122. The molecule has 3 nitrogen and oxygen atoms in total. The SMILES string of the molecule is C=C(C)C(=O)OCCCCC(CC)Sc1cccc2oc(=S)c(F)c(C3CCC3)c12. The molecule has 30 heavy (non-hydrogen) atoms. The van der Waals surface area contributed by atoms with Gasteiger partial charge in [0.1, 0.15) is 5.58 Å². The standard InChI is InChI=1S/C24H29FO3S2/c1-4-17(11-5-6-14-27-23(26)15(2)3)30-19-13-8-12-18-21(19)20(16-9-7-10-16)22(25)24(29)28-18/h8,12-13,16-17H,2,4-7,9-11,14H2,1,3H3. The van der Waals surface area contributed by atoms with Crippen molar-refractivity contribution in [3.63, 3.8) is 0 Å². The highest BCUT2D eigenvalue weighted by atomic mass is 32.2. The lowest BCUT2D eigenvalue weighted by molar-refractivity contribution is -0.139. The Kier molecular flexibility index (Phi) is 8.12. The number of rotatable bonds is 10. The molecule has 0 amide bonds. The van der Waals surface area contributed by atoms with E-state index in [1.54, 1.807) is 18.7 Å². The molecule has 2 aromatic rings. The molecule has 0 aliphatic heterocycles. The Morgan fingerprint density at radius 1 is 1.40 bits per heavy atom. The van der Waals surface area contributed by atoms with Gasteiger partial charge in [-0.05, 0) is 75.7 Å². The predicted octanol–water partition coefficient (Wildman–Crippen LogP) is 7.73. The zero-order chi connectivity index (χ0) is 21.7. The molecule has 0 saturated heterocycles. The van der Waals surface area contributed by atoms with E-state index in [2.05, 4.69) is 19.6 Å². The van der Waals surface area contributed by atoms with Crippen molar-refractivity contribution in [2.24, 2.45) is 0 Å². The molecule has 1 aliphatic carbocycles. The van der Waals surface area contributed by atoms with Crippen molar-refractivity contribution in [1.82, 2.24) is 0 Å². The maximum atomic E-state index is 15.0. The number of benzene rings is 1. The van der Waals surface area contributed by atoms with Gasteiger partial charge in [0.05, 0.1) is 6.61 Å². The molecule has 0 bridgehead atoms. The average molecular weight is 449 g/mol. The largest absolute Gasteiger partial charge is 0.462 e. The Balaban J connectivity index is 1.72. The van der Waals surface area contributed by atoms with E-state index in [9.17, 15) is 9.18 Å². The Morgan fingerprint density at radius 2 is 2.17 bits per heavy atom. The summed E-state index contributed by atoms with van der Waals surface area (Å²) in [5.41, 5.74) is 1.85. The number of carbonyl (C=O) groups excluding carboxylic acids is 1. The number of carbonyl (C=O) groups is 1. The number of thioether (sulfide) groups is 1. The van der Waals surface area contributed by atoms with Crippen molar-refractivity contribution >= 4 is 40.9 Å². The molecule has 1 aromatic heterocycles. The molecule has 1 fully saturated rings. The van der Waals surface area contributed by atoms with Gasteiger partial charge in [0, 0.05) is 26.7 Å². The fourth-order valence-corrected chi connectivity index (χ4v) is 5.19. The number of fused-ring (bicyclic) bond motifs is 1. The molecule has 3 rings (SSSR count). The van der Waals surface area contributed by atoms with Crippen LogP contribution in [0, 0.1) is 10.5 Å². The summed E-state index contributed by atoms with van der Waals surface area (Å²) < 4.78 is 25.7. The zero-order valence-corrected chi connectivity index (χ0v) is 19.3. The summed E-state index contributed by atoms with van der Waals surface area (Å²) in [4.78, 5) is 12.5. The zero-order valence-electron chi connectivity index (χ0n) is 17.7. The summed E-state index contributed by atoms with van der Waals surface area (Å²) in [5.74, 6) is -0.458. The van der Waals surface area contributed by atoms with Crippen LogP contribution in [0.5, 0.6) is 0 Å². The van der Waals surface area contributed by atoms with Gasteiger partial charge in [0.2, 0.25) is 4.71 Å². The second kappa shape index (κ2) is 10.6. The average Bonchev–Trinajstić information content (AvgIpc) is 2.68. The number of unbranched alkanes of at least 4 members (excludes halogenated alkanes) is 1. The van der Waals surface area contributed by atoms with Crippen LogP contribution in [-0.4, -0.2) is 17.8 Å². The summed E-state index contributed by atoms with van der Waals surface area (Å²) in [5, 5.41) is 1.29. The van der Waals surface area contributed by atoms with E-state index in [1.165, 1.54) is 0 Å². The van der Waals surface area contributed by atoms with E-state index in [0.29, 0.717) is 23.0 Å². The predicted molar refractivity (Wildman–Crippen MR) is 123 cm³/mol. The third-order valence-corrected chi connectivity index (χ3v) is 7.40. The molecule has 0 spiro atoms. The molecular weight excluding hydrogens is 419 g/mol. The molecule has 0 N–H and O–H groups in total. The third kappa shape index (κ3) is 5.33. The van der Waals surface area contributed by atoms with Crippen molar-refractivity contribution in [2.45, 2.75) is 74.9 Å². The van der Waals surface area contributed by atoms with Crippen LogP contribution in [0.4, 0.5) is 4.39 Å². The van der Waals surface area contributed by atoms with Crippen molar-refractivity contribution < 1.29 is 18.3 Å². The lowest BCUT2D eigenvalue weighted by Gasteiger charge is -2.28. The highest BCUT2D eigenvalue weighted by Crippen LogP contribution is 2.45. The van der Waals surface area contributed by atoms with Gasteiger partial charge in [-0.2, -0.15) is 0 Å². The van der Waals surface area contributed by atoms with Crippen molar-refractivity contribution in [2.75, 3.05) is 6.61 Å². The monoisotopic (exact) mass is 448 g/mol. The van der Waals surface area contributed by atoms with Crippen LogP contribution in [0.15, 0.2) is 39.7 Å². The highest BCUT2D eigenvalue weighted by Gasteiger charge is 2.28. The van der Waals surface area contributed by atoms with Crippen molar-refractivity contribution in [1.29, 1.82) is 0 Å². The number of halogens is 1. The minimum absolute atomic E-state index is 0.0390. The van der Waals surface area contributed by atoms with Crippen LogP contribution in [0.2, 0.25) is 0 Å². The molecule has 0 radical (unpaired) electrons. The fourth-order valence-electron chi connectivity index (χ4n) is 3.69. The third-order valence-electron chi connectivity index (χ3n) is 5.64. The maximum absolute atomic E-state index is 15.0. The normalized spacial score (nSPS) is 15.0. The van der Waals surface area contributed by atoms with E-state index in [-0.39, 0.29) is 22.4 Å². The summed E-state index contributed by atoms with van der Waals surface area (Å²) in [7, 11) is 0. The van der Waals surface area contributed by atoms with E-state index < -0.39 is 0 Å². The number of ether oxygens (including phenoxy) is 1. The van der Waals surface area contributed by atoms with Gasteiger partial charge in [0.15, 0.2) is 5.82 Å². The van der Waals surface area contributed by atoms with Gasteiger partial charge >= 0.3 is 5.97 Å². The number of hydrogen-bond acceptors (Lipinski definition) is 5. The van der Waals surface area contributed by atoms with Crippen LogP contribution in [0.3, 0.4) is 0 Å². The van der Waals surface area contributed by atoms with Crippen LogP contribution < -0.4 is 0 Å². The van der Waals surface area contributed by atoms with Gasteiger partial charge in [-0.3, -0.25) is 0 Å². The lowest BCUT2D eigenvalue weighted by Crippen LogP contribution is -2.12. The second-order valence-corrected chi connectivity index (χ2v) is 9.65. The van der Waals surface area contributed by atoms with Crippen LogP contribution in [-0.2, 0) is 9.53 Å². The molecule has 1 atom stereocenters.